The molecule has 2 aromatic heterocycles. The van der Waals surface area contributed by atoms with Gasteiger partial charge in [0.25, 0.3) is 5.91 Å². The fourth-order valence-electron chi connectivity index (χ4n) is 1.65. The quantitative estimate of drug-likeness (QED) is 0.714. The van der Waals surface area contributed by atoms with Crippen molar-refractivity contribution >= 4 is 28.1 Å². The zero-order valence-corrected chi connectivity index (χ0v) is 11.5. The van der Waals surface area contributed by atoms with Gasteiger partial charge in [0.05, 0.1) is 6.20 Å². The molecule has 0 unspecified atom stereocenters. The van der Waals surface area contributed by atoms with Gasteiger partial charge in [-0.15, -0.1) is 10.2 Å². The van der Waals surface area contributed by atoms with Gasteiger partial charge < -0.3 is 5.73 Å². The Morgan fingerprint density at radius 3 is 2.81 bits per heavy atom. The highest BCUT2D eigenvalue weighted by atomic mass is 32.1. The van der Waals surface area contributed by atoms with Gasteiger partial charge in [0, 0.05) is 23.6 Å². The fraction of sp³-hybridized carbons (Fsp3) is 0. The number of amides is 1. The molecule has 0 saturated heterocycles. The molecule has 0 radical (unpaired) electrons. The molecule has 1 aromatic carbocycles. The number of nitrogen functional groups attached to an aromatic ring is 1. The smallest absolute Gasteiger partial charge is 0.277 e. The number of para-hydroxylation sites is 1. The Hall–Kier alpha value is -2.87. The van der Waals surface area contributed by atoms with E-state index in [0.717, 1.165) is 5.56 Å². The number of carbonyl (C=O) groups excluding carboxylic acids is 1. The lowest BCUT2D eigenvalue weighted by molar-refractivity contribution is 0.102. The first-order valence-corrected chi connectivity index (χ1v) is 6.81. The van der Waals surface area contributed by atoms with Crippen LogP contribution < -0.4 is 11.1 Å². The Kier molecular flexibility index (Phi) is 3.52. The number of rotatable bonds is 3. The molecule has 0 aliphatic rings. The Bertz CT molecular complexity index is 773. The van der Waals surface area contributed by atoms with E-state index in [2.05, 4.69) is 25.5 Å². The first-order chi connectivity index (χ1) is 10.2. The van der Waals surface area contributed by atoms with Gasteiger partial charge in [-0.3, -0.25) is 15.1 Å². The molecule has 0 aliphatic heterocycles. The van der Waals surface area contributed by atoms with Crippen LogP contribution in [0.2, 0.25) is 0 Å². The average molecular weight is 298 g/mol. The van der Waals surface area contributed by atoms with Crippen molar-refractivity contribution < 1.29 is 4.79 Å². The van der Waals surface area contributed by atoms with Gasteiger partial charge in [0.15, 0.2) is 5.01 Å². The number of anilines is 2. The van der Waals surface area contributed by atoms with Gasteiger partial charge in [0.2, 0.25) is 5.13 Å². The largest absolute Gasteiger partial charge is 0.398 e. The van der Waals surface area contributed by atoms with Gasteiger partial charge in [0.1, 0.15) is 5.69 Å². The highest BCUT2D eigenvalue weighted by molar-refractivity contribution is 7.18. The summed E-state index contributed by atoms with van der Waals surface area (Å²) in [6, 6.07) is 7.35. The average Bonchev–Trinajstić information content (AvgIpc) is 2.97. The standard InChI is InChI=1S/C13H10N6OS/c14-9-4-2-1-3-8(9)12-18-19-13(21-12)17-11(20)10-7-15-5-6-16-10/h1-7H,14H2,(H,17,19,20). The summed E-state index contributed by atoms with van der Waals surface area (Å²) in [6.45, 7) is 0. The molecule has 3 N–H and O–H groups in total. The number of nitrogens with two attached hydrogens (primary N) is 1. The van der Waals surface area contributed by atoms with Gasteiger partial charge in [-0.25, -0.2) is 4.98 Å². The van der Waals surface area contributed by atoms with Crippen molar-refractivity contribution in [2.24, 2.45) is 0 Å². The summed E-state index contributed by atoms with van der Waals surface area (Å²) >= 11 is 1.24. The Balaban J connectivity index is 1.80. The first kappa shape index (κ1) is 13.1. The van der Waals surface area contributed by atoms with Crippen molar-refractivity contribution in [2.45, 2.75) is 0 Å². The normalized spacial score (nSPS) is 10.3. The maximum absolute atomic E-state index is 11.9. The van der Waals surface area contributed by atoms with E-state index in [0.29, 0.717) is 15.8 Å². The summed E-state index contributed by atoms with van der Waals surface area (Å²) in [5.41, 5.74) is 7.50. The summed E-state index contributed by atoms with van der Waals surface area (Å²) in [5.74, 6) is -0.383. The molecule has 7 nitrogen and oxygen atoms in total. The van der Waals surface area contributed by atoms with Crippen molar-refractivity contribution in [3.63, 3.8) is 0 Å². The highest BCUT2D eigenvalue weighted by Gasteiger charge is 2.13. The second-order valence-electron chi connectivity index (χ2n) is 4.04. The monoisotopic (exact) mass is 298 g/mol. The molecule has 1 amide bonds. The number of hydrogen-bond acceptors (Lipinski definition) is 7. The molecule has 104 valence electrons. The lowest BCUT2D eigenvalue weighted by atomic mass is 10.2. The van der Waals surface area contributed by atoms with Crippen molar-refractivity contribution in [1.82, 2.24) is 20.2 Å². The van der Waals surface area contributed by atoms with Gasteiger partial charge in [-0.05, 0) is 12.1 Å². The van der Waals surface area contributed by atoms with Crippen LogP contribution in [0, 0.1) is 0 Å². The van der Waals surface area contributed by atoms with Crippen molar-refractivity contribution in [2.75, 3.05) is 11.1 Å². The second-order valence-corrected chi connectivity index (χ2v) is 5.02. The molecule has 21 heavy (non-hydrogen) atoms. The molecule has 0 fully saturated rings. The minimum atomic E-state index is -0.383. The van der Waals surface area contributed by atoms with Crippen LogP contribution in [-0.2, 0) is 0 Å². The predicted octanol–water partition coefficient (Wildman–Crippen LogP) is 1.83. The topological polar surface area (TPSA) is 107 Å². The second kappa shape index (κ2) is 5.63. The number of nitrogens with zero attached hydrogens (tertiary/aromatic N) is 4. The van der Waals surface area contributed by atoms with E-state index < -0.39 is 0 Å². The van der Waals surface area contributed by atoms with E-state index in [1.165, 1.54) is 29.9 Å². The third-order valence-corrected chi connectivity index (χ3v) is 3.50. The van der Waals surface area contributed by atoms with E-state index >= 15 is 0 Å². The number of benzene rings is 1. The van der Waals surface area contributed by atoms with Crippen LogP contribution in [0.1, 0.15) is 10.5 Å². The van der Waals surface area contributed by atoms with E-state index in [-0.39, 0.29) is 11.6 Å². The first-order valence-electron chi connectivity index (χ1n) is 6.00. The van der Waals surface area contributed by atoms with Crippen LogP contribution >= 0.6 is 11.3 Å². The van der Waals surface area contributed by atoms with E-state index in [9.17, 15) is 4.79 Å². The molecular weight excluding hydrogens is 288 g/mol. The van der Waals surface area contributed by atoms with Crippen LogP contribution in [-0.4, -0.2) is 26.1 Å². The SMILES string of the molecule is Nc1ccccc1-c1nnc(NC(=O)c2cnccn2)s1. The minimum Gasteiger partial charge on any atom is -0.398 e. The number of carbonyl (C=O) groups is 1. The highest BCUT2D eigenvalue weighted by Crippen LogP contribution is 2.30. The van der Waals surface area contributed by atoms with Gasteiger partial charge >= 0.3 is 0 Å². The molecule has 0 atom stereocenters. The lowest BCUT2D eigenvalue weighted by Gasteiger charge is -1.99. The zero-order valence-electron chi connectivity index (χ0n) is 10.7. The van der Waals surface area contributed by atoms with Crippen molar-refractivity contribution in [3.8, 4) is 10.6 Å². The zero-order chi connectivity index (χ0) is 14.7. The molecule has 0 aliphatic carbocycles. The van der Waals surface area contributed by atoms with Gasteiger partial charge in [-0.1, -0.05) is 23.5 Å². The number of nitrogens with one attached hydrogen (secondary N) is 1. The van der Waals surface area contributed by atoms with Crippen LogP contribution in [0.3, 0.4) is 0 Å². The molecule has 8 heteroatoms. The van der Waals surface area contributed by atoms with Crippen LogP contribution in [0.15, 0.2) is 42.9 Å². The lowest BCUT2D eigenvalue weighted by Crippen LogP contribution is -2.13. The van der Waals surface area contributed by atoms with E-state index in [1.54, 1.807) is 6.07 Å². The molecule has 0 spiro atoms. The summed E-state index contributed by atoms with van der Waals surface area (Å²) in [7, 11) is 0. The number of aromatic nitrogens is 4. The molecule has 3 rings (SSSR count). The maximum Gasteiger partial charge on any atom is 0.277 e. The molecule has 2 heterocycles. The maximum atomic E-state index is 11.9. The third-order valence-electron chi connectivity index (χ3n) is 2.63. The predicted molar refractivity (Wildman–Crippen MR) is 79.7 cm³/mol. The summed E-state index contributed by atoms with van der Waals surface area (Å²) in [4.78, 5) is 19.7. The van der Waals surface area contributed by atoms with Crippen molar-refractivity contribution in [1.29, 1.82) is 0 Å². The Morgan fingerprint density at radius 2 is 2.05 bits per heavy atom. The van der Waals surface area contributed by atoms with Crippen LogP contribution in [0.5, 0.6) is 0 Å². The molecule has 0 bridgehead atoms. The number of hydrogen-bond donors (Lipinski definition) is 2. The van der Waals surface area contributed by atoms with Crippen LogP contribution in [0.25, 0.3) is 10.6 Å². The van der Waals surface area contributed by atoms with Crippen LogP contribution in [0.4, 0.5) is 10.8 Å². The molecule has 3 aromatic rings. The Morgan fingerprint density at radius 1 is 1.19 bits per heavy atom. The Labute approximate surface area is 123 Å². The third kappa shape index (κ3) is 2.84. The van der Waals surface area contributed by atoms with E-state index in [1.807, 2.05) is 18.2 Å². The van der Waals surface area contributed by atoms with E-state index in [4.69, 9.17) is 5.73 Å². The molecular formula is C13H10N6OS. The summed E-state index contributed by atoms with van der Waals surface area (Å²) < 4.78 is 0. The summed E-state index contributed by atoms with van der Waals surface area (Å²) in [6.07, 6.45) is 4.33. The van der Waals surface area contributed by atoms with Gasteiger partial charge in [-0.2, -0.15) is 0 Å². The summed E-state index contributed by atoms with van der Waals surface area (Å²) in [5, 5.41) is 11.6. The van der Waals surface area contributed by atoms with Crippen molar-refractivity contribution in [3.05, 3.63) is 48.5 Å². The molecule has 0 saturated carbocycles. The minimum absolute atomic E-state index is 0.216. The fourth-order valence-corrected chi connectivity index (χ4v) is 2.44.